The molecule has 0 spiro atoms. The molecule has 0 unspecified atom stereocenters. The van der Waals surface area contributed by atoms with E-state index in [-0.39, 0.29) is 42.7 Å². The van der Waals surface area contributed by atoms with Crippen LogP contribution in [0.25, 0.3) is 10.8 Å². The Bertz CT molecular complexity index is 1830. The van der Waals surface area contributed by atoms with Gasteiger partial charge in [-0.3, -0.25) is 9.69 Å². The molecule has 0 bridgehead atoms. The normalized spacial score (nSPS) is 19.6. The first-order valence-corrected chi connectivity index (χ1v) is 18.1. The fraction of sp³-hybridized carbons (Fsp3) is 0.415. The van der Waals surface area contributed by atoms with Gasteiger partial charge >= 0.3 is 12.2 Å². The Kier molecular flexibility index (Phi) is 13.4. The highest BCUT2D eigenvalue weighted by atomic mass is 19.4. The van der Waals surface area contributed by atoms with Crippen molar-refractivity contribution in [2.45, 2.75) is 71.0 Å². The lowest BCUT2D eigenvalue weighted by atomic mass is 10.0. The number of rotatable bonds is 8. The molecule has 0 aliphatic carbocycles. The quantitative estimate of drug-likeness (QED) is 0.168. The van der Waals surface area contributed by atoms with Gasteiger partial charge in [0.2, 0.25) is 0 Å². The smallest absolute Gasteiger partial charge is 0.416 e. The first-order valence-electron chi connectivity index (χ1n) is 18.1. The van der Waals surface area contributed by atoms with Crippen LogP contribution < -0.4 is 15.4 Å². The molecular formula is C41H49F3N4O5. The number of benzene rings is 4. The molecule has 4 aromatic carbocycles. The topological polar surface area (TPSA) is 103 Å². The molecule has 9 nitrogen and oxygen atoms in total. The first-order chi connectivity index (χ1) is 25.3. The van der Waals surface area contributed by atoms with Crippen LogP contribution in [-0.2, 0) is 17.5 Å². The maximum Gasteiger partial charge on any atom is 0.416 e. The van der Waals surface area contributed by atoms with Gasteiger partial charge in [0.1, 0.15) is 5.75 Å². The van der Waals surface area contributed by atoms with Crippen molar-refractivity contribution in [3.63, 3.8) is 0 Å². The van der Waals surface area contributed by atoms with Crippen LogP contribution in [0.4, 0.5) is 29.3 Å². The van der Waals surface area contributed by atoms with Crippen molar-refractivity contribution in [3.05, 3.63) is 102 Å². The van der Waals surface area contributed by atoms with Crippen molar-refractivity contribution >= 4 is 34.1 Å². The minimum atomic E-state index is -4.40. The fourth-order valence-electron chi connectivity index (χ4n) is 6.56. The number of carbonyl (C=O) groups is 2. The summed E-state index contributed by atoms with van der Waals surface area (Å²) in [7, 11) is 1.89. The highest BCUT2D eigenvalue weighted by molar-refractivity contribution is 6.07. The Hall–Kier alpha value is -4.65. The van der Waals surface area contributed by atoms with E-state index in [1.54, 1.807) is 30.0 Å². The second-order valence-corrected chi connectivity index (χ2v) is 14.0. The number of hydrogen-bond acceptors (Lipinski definition) is 6. The number of nitrogens with one attached hydrogen (secondary N) is 2. The van der Waals surface area contributed by atoms with E-state index in [0.29, 0.717) is 36.8 Å². The van der Waals surface area contributed by atoms with Gasteiger partial charge < -0.3 is 30.1 Å². The zero-order valence-electron chi connectivity index (χ0n) is 30.7. The molecule has 4 aromatic rings. The summed E-state index contributed by atoms with van der Waals surface area (Å²) < 4.78 is 52.1. The van der Waals surface area contributed by atoms with Crippen LogP contribution in [0.2, 0.25) is 0 Å². The molecule has 3 amide bonds. The lowest BCUT2D eigenvalue weighted by Gasteiger charge is -2.36. The molecule has 53 heavy (non-hydrogen) atoms. The fourth-order valence-corrected chi connectivity index (χ4v) is 6.56. The van der Waals surface area contributed by atoms with Gasteiger partial charge in [0, 0.05) is 43.2 Å². The molecule has 1 aliphatic heterocycles. The Labute approximate surface area is 309 Å². The third kappa shape index (κ3) is 10.7. The van der Waals surface area contributed by atoms with Gasteiger partial charge in [0.15, 0.2) is 0 Å². The lowest BCUT2D eigenvalue weighted by Crippen LogP contribution is -2.47. The summed E-state index contributed by atoms with van der Waals surface area (Å²) in [6.45, 7) is 7.03. The largest absolute Gasteiger partial charge is 0.490 e. The van der Waals surface area contributed by atoms with E-state index >= 15 is 0 Å². The van der Waals surface area contributed by atoms with Crippen LogP contribution in [0.3, 0.4) is 0 Å². The molecular weight excluding hydrogens is 685 g/mol. The van der Waals surface area contributed by atoms with E-state index in [1.807, 2.05) is 68.3 Å². The van der Waals surface area contributed by atoms with Crippen molar-refractivity contribution in [1.29, 1.82) is 0 Å². The zero-order valence-corrected chi connectivity index (χ0v) is 30.7. The van der Waals surface area contributed by atoms with Gasteiger partial charge in [-0.2, -0.15) is 13.2 Å². The molecule has 0 saturated heterocycles. The molecule has 1 aliphatic rings. The molecule has 1 heterocycles. The van der Waals surface area contributed by atoms with Crippen LogP contribution in [0, 0.1) is 5.92 Å². The van der Waals surface area contributed by atoms with Gasteiger partial charge in [-0.25, -0.2) is 4.79 Å². The maximum atomic E-state index is 14.5. The van der Waals surface area contributed by atoms with Crippen molar-refractivity contribution in [1.82, 2.24) is 9.80 Å². The van der Waals surface area contributed by atoms with Gasteiger partial charge in [0.25, 0.3) is 5.91 Å². The number of urea groups is 1. The number of carbonyl (C=O) groups excluding carboxylic acids is 2. The Morgan fingerprint density at radius 3 is 2.47 bits per heavy atom. The Morgan fingerprint density at radius 2 is 1.74 bits per heavy atom. The summed E-state index contributed by atoms with van der Waals surface area (Å²) in [5.74, 6) is -0.180. The van der Waals surface area contributed by atoms with Crippen molar-refractivity contribution in [2.75, 3.05) is 44.0 Å². The predicted molar refractivity (Wildman–Crippen MR) is 201 cm³/mol. The Balaban J connectivity index is 1.36. The van der Waals surface area contributed by atoms with E-state index in [4.69, 9.17) is 9.47 Å². The van der Waals surface area contributed by atoms with Gasteiger partial charge in [0.05, 0.1) is 41.7 Å². The van der Waals surface area contributed by atoms with Crippen LogP contribution in [0.15, 0.2) is 84.9 Å². The standard InChI is InChI=1S/C41H49F3N4O5/c1-27-23-48(28(2)26-49)39(50)35-22-33(45-40(51)46-36-14-9-12-31-11-5-6-13-34(31)36)19-20-37(35)53-29(3)10-7-8-21-52-38(27)25-47(4)24-30-15-17-32(18-16-30)41(42,43)44/h5-6,9,11-20,22,27-29,38,49H,7-8,10,21,23-26H2,1-4H3,(H2,45,46,51)/t27-,28-,29-,38-/m0/s1. The third-order valence-corrected chi connectivity index (χ3v) is 9.57. The monoisotopic (exact) mass is 734 g/mol. The average molecular weight is 735 g/mol. The minimum absolute atomic E-state index is 0.193. The van der Waals surface area contributed by atoms with Gasteiger partial charge in [-0.1, -0.05) is 55.5 Å². The molecule has 4 atom stereocenters. The predicted octanol–water partition coefficient (Wildman–Crippen LogP) is 8.43. The number of ether oxygens (including phenoxy) is 2. The second kappa shape index (κ2) is 17.9. The van der Waals surface area contributed by atoms with Crippen LogP contribution in [0.5, 0.6) is 5.75 Å². The van der Waals surface area contributed by atoms with E-state index in [1.165, 1.54) is 12.1 Å². The zero-order chi connectivity index (χ0) is 38.1. The van der Waals surface area contributed by atoms with Crippen molar-refractivity contribution in [3.8, 4) is 5.75 Å². The summed E-state index contributed by atoms with van der Waals surface area (Å²) in [4.78, 5) is 31.3. The molecule has 0 saturated carbocycles. The number of hydrogen-bond donors (Lipinski definition) is 3. The number of aliphatic hydroxyl groups is 1. The first kappa shape index (κ1) is 39.6. The number of amides is 3. The summed E-state index contributed by atoms with van der Waals surface area (Å²) in [5.41, 5.74) is 1.33. The molecule has 0 aromatic heterocycles. The summed E-state index contributed by atoms with van der Waals surface area (Å²) >= 11 is 0. The number of fused-ring (bicyclic) bond motifs is 2. The molecule has 3 N–H and O–H groups in total. The third-order valence-electron chi connectivity index (χ3n) is 9.57. The molecule has 0 fully saturated rings. The average Bonchev–Trinajstić information content (AvgIpc) is 3.12. The molecule has 5 rings (SSSR count). The SMILES string of the molecule is C[C@H]1CCCCO[C@@H](CN(C)Cc2ccc(C(F)(F)F)cc2)[C@@H](C)CN([C@@H](C)CO)C(=O)c2cc(NC(=O)Nc3cccc4ccccc34)ccc2O1. The highest BCUT2D eigenvalue weighted by Gasteiger charge is 2.32. The lowest BCUT2D eigenvalue weighted by molar-refractivity contribution is -0.137. The number of halogens is 3. The minimum Gasteiger partial charge on any atom is -0.490 e. The summed E-state index contributed by atoms with van der Waals surface area (Å²) in [5, 5.41) is 17.9. The number of likely N-dealkylation sites (N-methyl/N-ethyl adjacent to an activating group) is 1. The van der Waals surface area contributed by atoms with Crippen molar-refractivity contribution < 1.29 is 37.3 Å². The van der Waals surface area contributed by atoms with E-state index < -0.39 is 23.8 Å². The van der Waals surface area contributed by atoms with Gasteiger partial charge in [-0.05, 0) is 87.5 Å². The summed E-state index contributed by atoms with van der Waals surface area (Å²) in [6, 6.07) is 22.5. The second-order valence-electron chi connectivity index (χ2n) is 14.0. The number of alkyl halides is 3. The maximum absolute atomic E-state index is 14.5. The Morgan fingerprint density at radius 1 is 1.00 bits per heavy atom. The highest BCUT2D eigenvalue weighted by Crippen LogP contribution is 2.31. The number of nitrogens with zero attached hydrogens (tertiary/aromatic N) is 2. The molecule has 12 heteroatoms. The van der Waals surface area contributed by atoms with Crippen LogP contribution in [-0.4, -0.2) is 78.4 Å². The van der Waals surface area contributed by atoms with Crippen LogP contribution in [0.1, 0.15) is 61.5 Å². The van der Waals surface area contributed by atoms with E-state index in [9.17, 15) is 27.9 Å². The van der Waals surface area contributed by atoms with E-state index in [0.717, 1.165) is 47.7 Å². The number of anilines is 2. The van der Waals surface area contributed by atoms with E-state index in [2.05, 4.69) is 10.6 Å². The molecule has 284 valence electrons. The number of aliphatic hydroxyl groups excluding tert-OH is 1. The van der Waals surface area contributed by atoms with Gasteiger partial charge in [-0.15, -0.1) is 0 Å². The summed E-state index contributed by atoms with van der Waals surface area (Å²) in [6.07, 6.45) is -2.60. The van der Waals surface area contributed by atoms with Crippen molar-refractivity contribution in [2.24, 2.45) is 5.92 Å². The molecule has 0 radical (unpaired) electrons. The van der Waals surface area contributed by atoms with Crippen LogP contribution >= 0.6 is 0 Å².